The van der Waals surface area contributed by atoms with Crippen molar-refractivity contribution in [2.24, 2.45) is 0 Å². The normalized spacial score (nSPS) is 37.2. The first-order chi connectivity index (χ1) is 5.08. The lowest BCUT2D eigenvalue weighted by molar-refractivity contribution is -0.147. The zero-order valence-electron chi connectivity index (χ0n) is 6.69. The molecule has 0 spiro atoms. The zero-order valence-corrected chi connectivity index (χ0v) is 8.27. The van der Waals surface area contributed by atoms with Crippen LogP contribution < -0.4 is 5.32 Å². The van der Waals surface area contributed by atoms with E-state index < -0.39 is 5.54 Å². The first-order valence-electron chi connectivity index (χ1n) is 3.56. The van der Waals surface area contributed by atoms with Gasteiger partial charge in [-0.3, -0.25) is 4.79 Å². The van der Waals surface area contributed by atoms with Crippen LogP contribution in [-0.2, 0) is 9.53 Å². The highest BCUT2D eigenvalue weighted by molar-refractivity contribution is 9.09. The Morgan fingerprint density at radius 1 is 1.82 bits per heavy atom. The van der Waals surface area contributed by atoms with Crippen LogP contribution in [0.15, 0.2) is 0 Å². The predicted molar refractivity (Wildman–Crippen MR) is 45.8 cm³/mol. The van der Waals surface area contributed by atoms with Crippen LogP contribution in [-0.4, -0.2) is 30.0 Å². The molecular weight excluding hydrogens is 210 g/mol. The molecule has 1 N–H and O–H groups in total. The maximum Gasteiger partial charge on any atom is 0.325 e. The van der Waals surface area contributed by atoms with E-state index in [0.29, 0.717) is 4.83 Å². The Bertz CT molecular complexity index is 174. The van der Waals surface area contributed by atoms with Crippen LogP contribution in [0.3, 0.4) is 0 Å². The summed E-state index contributed by atoms with van der Waals surface area (Å²) in [6.07, 6.45) is 0.791. The number of halogens is 1. The summed E-state index contributed by atoms with van der Waals surface area (Å²) >= 11 is 3.44. The van der Waals surface area contributed by atoms with Gasteiger partial charge >= 0.3 is 5.97 Å². The van der Waals surface area contributed by atoms with Crippen molar-refractivity contribution in [1.29, 1.82) is 0 Å². The second kappa shape index (κ2) is 3.11. The summed E-state index contributed by atoms with van der Waals surface area (Å²) in [5.74, 6) is -0.181. The van der Waals surface area contributed by atoms with Crippen LogP contribution in [0.1, 0.15) is 13.3 Å². The van der Waals surface area contributed by atoms with Gasteiger partial charge in [0.05, 0.1) is 7.11 Å². The second-order valence-corrected chi connectivity index (χ2v) is 4.30. The minimum atomic E-state index is -0.483. The van der Waals surface area contributed by atoms with Gasteiger partial charge in [0.15, 0.2) is 0 Å². The van der Waals surface area contributed by atoms with Crippen molar-refractivity contribution >= 4 is 21.9 Å². The summed E-state index contributed by atoms with van der Waals surface area (Å²) in [5, 5.41) is 3.11. The summed E-state index contributed by atoms with van der Waals surface area (Å²) < 4.78 is 4.66. The van der Waals surface area contributed by atoms with Crippen LogP contribution in [0.25, 0.3) is 0 Å². The fourth-order valence-corrected chi connectivity index (χ4v) is 2.11. The van der Waals surface area contributed by atoms with Crippen molar-refractivity contribution in [3.05, 3.63) is 0 Å². The molecule has 1 fully saturated rings. The van der Waals surface area contributed by atoms with Gasteiger partial charge in [-0.15, -0.1) is 0 Å². The molecule has 64 valence electrons. The zero-order chi connectivity index (χ0) is 8.48. The Balaban J connectivity index is 2.61. The summed E-state index contributed by atoms with van der Waals surface area (Å²) in [6, 6.07) is 0. The van der Waals surface area contributed by atoms with E-state index in [1.807, 2.05) is 6.92 Å². The molecule has 0 bridgehead atoms. The van der Waals surface area contributed by atoms with E-state index in [-0.39, 0.29) is 5.97 Å². The number of nitrogens with one attached hydrogen (secondary N) is 1. The van der Waals surface area contributed by atoms with Crippen molar-refractivity contribution in [2.75, 3.05) is 13.7 Å². The molecule has 0 unspecified atom stereocenters. The summed E-state index contributed by atoms with van der Waals surface area (Å²) in [7, 11) is 1.41. The Kier molecular flexibility index (Phi) is 2.54. The highest BCUT2D eigenvalue weighted by atomic mass is 79.9. The molecule has 0 amide bonds. The SMILES string of the molecule is COC(=O)[C@]1(C)C[C@H](Br)CN1. The van der Waals surface area contributed by atoms with Gasteiger partial charge in [0.2, 0.25) is 0 Å². The number of esters is 1. The molecule has 11 heavy (non-hydrogen) atoms. The molecule has 1 rings (SSSR count). The lowest BCUT2D eigenvalue weighted by Gasteiger charge is -2.20. The first-order valence-corrected chi connectivity index (χ1v) is 4.47. The minimum absolute atomic E-state index is 0.181. The highest BCUT2D eigenvalue weighted by Gasteiger charge is 2.40. The fraction of sp³-hybridized carbons (Fsp3) is 0.857. The van der Waals surface area contributed by atoms with Crippen LogP contribution in [0.2, 0.25) is 0 Å². The van der Waals surface area contributed by atoms with Crippen molar-refractivity contribution in [3.8, 4) is 0 Å². The van der Waals surface area contributed by atoms with E-state index in [4.69, 9.17) is 0 Å². The number of hydrogen-bond acceptors (Lipinski definition) is 3. The molecule has 1 saturated heterocycles. The Morgan fingerprint density at radius 3 is 2.82 bits per heavy atom. The lowest BCUT2D eigenvalue weighted by Crippen LogP contribution is -2.45. The predicted octanol–water partition coefficient (Wildman–Crippen LogP) is 0.675. The summed E-state index contributed by atoms with van der Waals surface area (Å²) in [5.41, 5.74) is -0.483. The second-order valence-electron chi connectivity index (χ2n) is 3.01. The monoisotopic (exact) mass is 221 g/mol. The van der Waals surface area contributed by atoms with E-state index in [1.165, 1.54) is 7.11 Å². The third-order valence-corrected chi connectivity index (χ3v) is 2.63. The Labute approximate surface area is 74.6 Å². The third kappa shape index (κ3) is 1.73. The number of carbonyl (C=O) groups excluding carboxylic acids is 1. The molecule has 0 aliphatic carbocycles. The van der Waals surface area contributed by atoms with Crippen molar-refractivity contribution in [2.45, 2.75) is 23.7 Å². The maximum absolute atomic E-state index is 11.2. The molecule has 1 aliphatic heterocycles. The van der Waals surface area contributed by atoms with E-state index in [1.54, 1.807) is 0 Å². The number of carbonyl (C=O) groups is 1. The largest absolute Gasteiger partial charge is 0.468 e. The van der Waals surface area contributed by atoms with Gasteiger partial charge in [-0.25, -0.2) is 0 Å². The number of rotatable bonds is 1. The number of alkyl halides is 1. The van der Waals surface area contributed by atoms with Crippen LogP contribution in [0.4, 0.5) is 0 Å². The number of ether oxygens (including phenoxy) is 1. The van der Waals surface area contributed by atoms with E-state index in [2.05, 4.69) is 26.0 Å². The Morgan fingerprint density at radius 2 is 2.45 bits per heavy atom. The van der Waals surface area contributed by atoms with Gasteiger partial charge in [-0.1, -0.05) is 15.9 Å². The van der Waals surface area contributed by atoms with Crippen molar-refractivity contribution in [3.63, 3.8) is 0 Å². The summed E-state index contributed by atoms with van der Waals surface area (Å²) in [6.45, 7) is 2.69. The number of hydrogen-bond donors (Lipinski definition) is 1. The van der Waals surface area contributed by atoms with Crippen molar-refractivity contribution in [1.82, 2.24) is 5.32 Å². The third-order valence-electron chi connectivity index (χ3n) is 1.98. The molecule has 2 atom stereocenters. The van der Waals surface area contributed by atoms with E-state index in [9.17, 15) is 4.79 Å². The van der Waals surface area contributed by atoms with Gasteiger partial charge in [0.1, 0.15) is 5.54 Å². The smallest absolute Gasteiger partial charge is 0.325 e. The molecule has 3 nitrogen and oxygen atoms in total. The highest BCUT2D eigenvalue weighted by Crippen LogP contribution is 2.24. The average molecular weight is 222 g/mol. The molecule has 1 aliphatic rings. The quantitative estimate of drug-likeness (QED) is 0.523. The average Bonchev–Trinajstić information content (AvgIpc) is 2.31. The summed E-state index contributed by atoms with van der Waals surface area (Å²) in [4.78, 5) is 11.6. The van der Waals surface area contributed by atoms with E-state index >= 15 is 0 Å². The molecule has 0 aromatic carbocycles. The molecular formula is C7H12BrNO2. The van der Waals surface area contributed by atoms with Gasteiger partial charge in [0, 0.05) is 11.4 Å². The topological polar surface area (TPSA) is 38.3 Å². The fourth-order valence-electron chi connectivity index (χ4n) is 1.30. The van der Waals surface area contributed by atoms with Crippen LogP contribution >= 0.6 is 15.9 Å². The lowest BCUT2D eigenvalue weighted by atomic mass is 10.0. The molecule has 0 aromatic rings. The molecule has 0 radical (unpaired) electrons. The standard InChI is InChI=1S/C7H12BrNO2/c1-7(6(10)11-2)3-5(8)4-9-7/h5,9H,3-4H2,1-2H3/t5-,7-/m0/s1. The van der Waals surface area contributed by atoms with Crippen molar-refractivity contribution < 1.29 is 9.53 Å². The molecule has 1 heterocycles. The van der Waals surface area contributed by atoms with Gasteiger partial charge in [-0.2, -0.15) is 0 Å². The number of methoxy groups -OCH3 is 1. The van der Waals surface area contributed by atoms with Gasteiger partial charge < -0.3 is 10.1 Å². The first kappa shape index (κ1) is 9.00. The van der Waals surface area contributed by atoms with Gasteiger partial charge in [0.25, 0.3) is 0 Å². The van der Waals surface area contributed by atoms with E-state index in [0.717, 1.165) is 13.0 Å². The van der Waals surface area contributed by atoms with Crippen LogP contribution in [0, 0.1) is 0 Å². The van der Waals surface area contributed by atoms with Gasteiger partial charge in [-0.05, 0) is 13.3 Å². The molecule has 0 aromatic heterocycles. The minimum Gasteiger partial charge on any atom is -0.468 e. The maximum atomic E-state index is 11.2. The van der Waals surface area contributed by atoms with Crippen LogP contribution in [0.5, 0.6) is 0 Å². The molecule has 0 saturated carbocycles. The Hall–Kier alpha value is -0.0900. The molecule has 4 heteroatoms.